The number of nitrogens with zero attached hydrogens (tertiary/aromatic N) is 3. The van der Waals surface area contributed by atoms with Crippen molar-refractivity contribution in [2.24, 2.45) is 0 Å². The van der Waals surface area contributed by atoms with Crippen molar-refractivity contribution in [3.8, 4) is 0 Å². The van der Waals surface area contributed by atoms with Gasteiger partial charge in [-0.2, -0.15) is 0 Å². The van der Waals surface area contributed by atoms with Crippen LogP contribution in [0.2, 0.25) is 0 Å². The van der Waals surface area contributed by atoms with E-state index in [1.807, 2.05) is 0 Å². The van der Waals surface area contributed by atoms with Gasteiger partial charge in [0, 0.05) is 18.7 Å². The minimum Gasteiger partial charge on any atom is -0.447 e. The van der Waals surface area contributed by atoms with E-state index in [2.05, 4.69) is 6.58 Å². The quantitative estimate of drug-likeness (QED) is 0.497. The summed E-state index contributed by atoms with van der Waals surface area (Å²) in [6.45, 7) is 10.1. The predicted octanol–water partition coefficient (Wildman–Crippen LogP) is 1.27. The summed E-state index contributed by atoms with van der Waals surface area (Å²) in [5, 5.41) is 0. The molecule has 164 valence electrons. The highest BCUT2D eigenvalue weighted by Crippen LogP contribution is 2.31. The molecule has 2 atom stereocenters. The van der Waals surface area contributed by atoms with Crippen molar-refractivity contribution < 1.29 is 33.4 Å². The van der Waals surface area contributed by atoms with Crippen LogP contribution < -0.4 is 0 Å². The number of hydrogen-bond donors (Lipinski definition) is 0. The zero-order valence-electron chi connectivity index (χ0n) is 17.5. The van der Waals surface area contributed by atoms with Crippen molar-refractivity contribution >= 4 is 24.0 Å². The Labute approximate surface area is 175 Å². The lowest BCUT2D eigenvalue weighted by molar-refractivity contribution is -0.137. The number of rotatable bonds is 4. The first-order valence-electron chi connectivity index (χ1n) is 9.81. The first-order valence-corrected chi connectivity index (χ1v) is 9.81. The standard InChI is InChI=1S/C20H27N3O7/c1-13-11-14(23(12-13)19(27)30-20(2,3)4)17-22(8-9-28-17)18(26)29-10-7-21-15(24)5-6-16(21)25/h5-6,14,17H,1,7-12H2,2-4H3/t14?,17-/m0/s1. The fraction of sp³-hybridized carbons (Fsp3) is 0.600. The van der Waals surface area contributed by atoms with Gasteiger partial charge in [-0.3, -0.25) is 24.3 Å². The molecule has 0 aromatic rings. The van der Waals surface area contributed by atoms with Crippen LogP contribution in [0.3, 0.4) is 0 Å². The van der Waals surface area contributed by atoms with Gasteiger partial charge in [0.15, 0.2) is 6.23 Å². The van der Waals surface area contributed by atoms with Crippen molar-refractivity contribution in [1.29, 1.82) is 0 Å². The summed E-state index contributed by atoms with van der Waals surface area (Å²) in [4.78, 5) is 52.3. The van der Waals surface area contributed by atoms with Gasteiger partial charge in [-0.05, 0) is 27.2 Å². The van der Waals surface area contributed by atoms with Gasteiger partial charge in [-0.25, -0.2) is 9.59 Å². The monoisotopic (exact) mass is 421 g/mol. The molecule has 10 nitrogen and oxygen atoms in total. The Morgan fingerprint density at radius 1 is 1.17 bits per heavy atom. The maximum Gasteiger partial charge on any atom is 0.412 e. The molecule has 0 bridgehead atoms. The second-order valence-electron chi connectivity index (χ2n) is 8.36. The molecule has 3 rings (SSSR count). The van der Waals surface area contributed by atoms with E-state index in [1.165, 1.54) is 22.0 Å². The molecule has 3 aliphatic rings. The SMILES string of the molecule is C=C1CC([C@@H]2OCCN2C(=O)OCCN2C(=O)C=CC2=O)N(C(=O)OC(C)(C)C)C1. The molecule has 0 spiro atoms. The van der Waals surface area contributed by atoms with Crippen LogP contribution in [0.25, 0.3) is 0 Å². The molecule has 2 fully saturated rings. The topological polar surface area (TPSA) is 106 Å². The Hall–Kier alpha value is -2.88. The molecular formula is C20H27N3O7. The fourth-order valence-electron chi connectivity index (χ4n) is 3.57. The van der Waals surface area contributed by atoms with E-state index >= 15 is 0 Å². The second kappa shape index (κ2) is 8.47. The van der Waals surface area contributed by atoms with E-state index in [0.717, 1.165) is 10.5 Å². The molecule has 30 heavy (non-hydrogen) atoms. The highest BCUT2D eigenvalue weighted by atomic mass is 16.6. The fourth-order valence-corrected chi connectivity index (χ4v) is 3.57. The molecule has 3 heterocycles. The van der Waals surface area contributed by atoms with Crippen molar-refractivity contribution in [3.05, 3.63) is 24.3 Å². The van der Waals surface area contributed by atoms with Crippen molar-refractivity contribution in [3.63, 3.8) is 0 Å². The molecule has 2 saturated heterocycles. The molecule has 1 unspecified atom stereocenters. The molecule has 0 radical (unpaired) electrons. The average molecular weight is 421 g/mol. The van der Waals surface area contributed by atoms with E-state index in [-0.39, 0.29) is 13.2 Å². The molecule has 4 amide bonds. The molecular weight excluding hydrogens is 394 g/mol. The molecule has 0 aliphatic carbocycles. The van der Waals surface area contributed by atoms with Crippen LogP contribution >= 0.6 is 0 Å². The lowest BCUT2D eigenvalue weighted by Crippen LogP contribution is -2.51. The third-order valence-corrected chi connectivity index (χ3v) is 4.85. The highest BCUT2D eigenvalue weighted by molar-refractivity contribution is 6.12. The largest absolute Gasteiger partial charge is 0.447 e. The van der Waals surface area contributed by atoms with Crippen molar-refractivity contribution in [2.45, 2.75) is 45.1 Å². The summed E-state index contributed by atoms with van der Waals surface area (Å²) >= 11 is 0. The third-order valence-electron chi connectivity index (χ3n) is 4.85. The van der Waals surface area contributed by atoms with E-state index in [9.17, 15) is 19.2 Å². The van der Waals surface area contributed by atoms with Crippen molar-refractivity contribution in [2.75, 3.05) is 32.8 Å². The summed E-state index contributed by atoms with van der Waals surface area (Å²) < 4.78 is 16.5. The number of amides is 4. The van der Waals surface area contributed by atoms with Gasteiger partial charge < -0.3 is 14.2 Å². The Bertz CT molecular complexity index is 768. The first-order chi connectivity index (χ1) is 14.1. The first kappa shape index (κ1) is 21.8. The van der Waals surface area contributed by atoms with E-state index in [1.54, 1.807) is 20.8 Å². The molecule has 3 aliphatic heterocycles. The van der Waals surface area contributed by atoms with Crippen LogP contribution in [-0.4, -0.2) is 89.4 Å². The number of ether oxygens (including phenoxy) is 3. The van der Waals surface area contributed by atoms with Crippen LogP contribution in [0.1, 0.15) is 27.2 Å². The maximum absolute atomic E-state index is 12.6. The lowest BCUT2D eigenvalue weighted by atomic mass is 10.1. The van der Waals surface area contributed by atoms with Gasteiger partial charge in [0.05, 0.1) is 25.7 Å². The van der Waals surface area contributed by atoms with Gasteiger partial charge in [-0.15, -0.1) is 0 Å². The Morgan fingerprint density at radius 2 is 1.83 bits per heavy atom. The summed E-state index contributed by atoms with van der Waals surface area (Å²) in [6.07, 6.45) is 1.01. The number of carbonyl (C=O) groups is 4. The van der Waals surface area contributed by atoms with Crippen LogP contribution in [0, 0.1) is 0 Å². The van der Waals surface area contributed by atoms with Crippen LogP contribution in [0.4, 0.5) is 9.59 Å². The average Bonchev–Trinajstić information content (AvgIpc) is 3.34. The van der Waals surface area contributed by atoms with Gasteiger partial charge in [0.25, 0.3) is 11.8 Å². The second-order valence-corrected chi connectivity index (χ2v) is 8.36. The minimum absolute atomic E-state index is 0.0277. The zero-order chi connectivity index (χ0) is 22.1. The Morgan fingerprint density at radius 3 is 2.47 bits per heavy atom. The highest BCUT2D eigenvalue weighted by Gasteiger charge is 2.45. The molecule has 0 N–H and O–H groups in total. The van der Waals surface area contributed by atoms with E-state index in [0.29, 0.717) is 26.1 Å². The van der Waals surface area contributed by atoms with Gasteiger partial charge in [-0.1, -0.05) is 12.2 Å². The molecule has 0 aromatic carbocycles. The summed E-state index contributed by atoms with van der Waals surface area (Å²) in [6, 6.07) is -0.437. The Kier molecular flexibility index (Phi) is 6.16. The summed E-state index contributed by atoms with van der Waals surface area (Å²) in [5.74, 6) is -0.869. The molecule has 10 heteroatoms. The Balaban J connectivity index is 1.60. The number of likely N-dealkylation sites (tertiary alicyclic amines) is 1. The maximum atomic E-state index is 12.6. The number of hydrogen-bond acceptors (Lipinski definition) is 7. The van der Waals surface area contributed by atoms with Gasteiger partial charge in [0.1, 0.15) is 12.2 Å². The van der Waals surface area contributed by atoms with Crippen LogP contribution in [0.5, 0.6) is 0 Å². The summed E-state index contributed by atoms with van der Waals surface area (Å²) in [7, 11) is 0. The smallest absolute Gasteiger partial charge is 0.412 e. The van der Waals surface area contributed by atoms with Crippen LogP contribution in [-0.2, 0) is 23.8 Å². The molecule has 0 aromatic heterocycles. The normalized spacial score (nSPS) is 24.2. The number of carbonyl (C=O) groups excluding carboxylic acids is 4. The minimum atomic E-state index is -0.694. The predicted molar refractivity (Wildman–Crippen MR) is 104 cm³/mol. The number of imide groups is 1. The summed E-state index contributed by atoms with van der Waals surface area (Å²) in [5.41, 5.74) is 0.188. The third kappa shape index (κ3) is 4.81. The van der Waals surface area contributed by atoms with Crippen molar-refractivity contribution in [1.82, 2.24) is 14.7 Å². The zero-order valence-corrected chi connectivity index (χ0v) is 17.5. The van der Waals surface area contributed by atoms with Gasteiger partial charge in [0.2, 0.25) is 0 Å². The van der Waals surface area contributed by atoms with Gasteiger partial charge >= 0.3 is 12.2 Å². The lowest BCUT2D eigenvalue weighted by Gasteiger charge is -2.34. The van der Waals surface area contributed by atoms with E-state index in [4.69, 9.17) is 14.2 Å². The molecule has 0 saturated carbocycles. The van der Waals surface area contributed by atoms with Crippen LogP contribution in [0.15, 0.2) is 24.3 Å². The van der Waals surface area contributed by atoms with E-state index < -0.39 is 41.9 Å².